The minimum absolute atomic E-state index is 0.371. The lowest BCUT2D eigenvalue weighted by Crippen LogP contribution is -2.28. The fraction of sp³-hybridized carbons (Fsp3) is 0.219. The van der Waals surface area contributed by atoms with E-state index in [1.165, 1.54) is 16.7 Å². The van der Waals surface area contributed by atoms with E-state index in [1.54, 1.807) is 26.4 Å². The molecule has 0 atom stereocenters. The van der Waals surface area contributed by atoms with Crippen LogP contribution < -0.4 is 19.5 Å². The molecule has 0 amide bonds. The lowest BCUT2D eigenvalue weighted by molar-refractivity contribution is -0.139. The molecule has 0 aliphatic rings. The van der Waals surface area contributed by atoms with Gasteiger partial charge >= 0.3 is 5.97 Å². The smallest absolute Gasteiger partial charge is 0.341 e. The third-order valence-corrected chi connectivity index (χ3v) is 7.93. The Labute approximate surface area is 233 Å². The zero-order chi connectivity index (χ0) is 27.5. The maximum absolute atomic E-state index is 10.9. The van der Waals surface area contributed by atoms with Crippen LogP contribution in [0.25, 0.3) is 0 Å². The van der Waals surface area contributed by atoms with Crippen LogP contribution >= 0.6 is 11.8 Å². The van der Waals surface area contributed by atoms with E-state index in [1.807, 2.05) is 11.8 Å². The molecule has 0 bridgehead atoms. The number of methoxy groups -OCH3 is 2. The fourth-order valence-corrected chi connectivity index (χ4v) is 6.08. The Bertz CT molecular complexity index is 1210. The van der Waals surface area contributed by atoms with E-state index in [4.69, 9.17) is 19.3 Å². The Balaban J connectivity index is 1.54. The van der Waals surface area contributed by atoms with Gasteiger partial charge in [-0.05, 0) is 16.7 Å². The first-order valence-electron chi connectivity index (χ1n) is 12.7. The topological polar surface area (TPSA) is 77.0 Å². The highest BCUT2D eigenvalue weighted by atomic mass is 32.2. The van der Waals surface area contributed by atoms with Crippen molar-refractivity contribution in [1.82, 2.24) is 5.32 Å². The van der Waals surface area contributed by atoms with Crippen LogP contribution in [0.1, 0.15) is 22.3 Å². The maximum Gasteiger partial charge on any atom is 0.341 e. The summed E-state index contributed by atoms with van der Waals surface area (Å²) < 4.78 is 16.1. The summed E-state index contributed by atoms with van der Waals surface area (Å²) in [4.78, 5) is 10.9. The van der Waals surface area contributed by atoms with Gasteiger partial charge in [0.25, 0.3) is 0 Å². The average Bonchev–Trinajstić information content (AvgIpc) is 2.99. The summed E-state index contributed by atoms with van der Waals surface area (Å²) in [5.41, 5.74) is 4.53. The van der Waals surface area contributed by atoms with Gasteiger partial charge in [-0.15, -0.1) is 11.8 Å². The van der Waals surface area contributed by atoms with E-state index in [2.05, 4.69) is 96.3 Å². The number of rotatable bonds is 14. The third kappa shape index (κ3) is 6.74. The molecule has 0 unspecified atom stereocenters. The molecule has 6 nitrogen and oxygen atoms in total. The number of hydrogen-bond donors (Lipinski definition) is 2. The summed E-state index contributed by atoms with van der Waals surface area (Å²) in [5, 5.41) is 12.5. The number of nitrogens with one attached hydrogen (secondary N) is 1. The number of carboxylic acids is 1. The molecular formula is C32H33NO5S. The molecule has 0 spiro atoms. The van der Waals surface area contributed by atoms with E-state index in [9.17, 15) is 4.79 Å². The second-order valence-corrected chi connectivity index (χ2v) is 10.1. The number of aliphatic carboxylic acids is 1. The van der Waals surface area contributed by atoms with Gasteiger partial charge in [-0.3, -0.25) is 0 Å². The van der Waals surface area contributed by atoms with Crippen molar-refractivity contribution in [3.8, 4) is 17.2 Å². The molecule has 2 N–H and O–H groups in total. The molecule has 4 rings (SSSR count). The number of benzene rings is 4. The van der Waals surface area contributed by atoms with Gasteiger partial charge in [0.05, 0.1) is 24.5 Å². The molecular weight excluding hydrogens is 510 g/mol. The van der Waals surface area contributed by atoms with Gasteiger partial charge in [0.1, 0.15) is 17.2 Å². The summed E-state index contributed by atoms with van der Waals surface area (Å²) >= 11 is 1.89. The summed E-state index contributed by atoms with van der Waals surface area (Å²) in [6.07, 6.45) is 0. The van der Waals surface area contributed by atoms with Crippen molar-refractivity contribution in [1.29, 1.82) is 0 Å². The lowest BCUT2D eigenvalue weighted by Gasteiger charge is -2.35. The van der Waals surface area contributed by atoms with Crippen LogP contribution in [-0.4, -0.2) is 44.2 Å². The van der Waals surface area contributed by atoms with Crippen molar-refractivity contribution < 1.29 is 24.1 Å². The number of ether oxygens (including phenoxy) is 3. The minimum atomic E-state index is -1.05. The standard InChI is InChI=1S/C32H33NO5S/c1-36-29-20-27(38-23-31(34)35)21-30(37-2)28(29)22-33-18-19-39-32(24-12-6-3-7-13-24,25-14-8-4-9-15-25)26-16-10-5-11-17-26/h3-17,20-21,33H,18-19,22-23H2,1-2H3,(H,34,35). The summed E-state index contributed by atoms with van der Waals surface area (Å²) in [7, 11) is 3.14. The van der Waals surface area contributed by atoms with Crippen LogP contribution in [0, 0.1) is 0 Å². The Morgan fingerprint density at radius 3 is 1.67 bits per heavy atom. The predicted octanol–water partition coefficient (Wildman–Crippen LogP) is 5.98. The molecule has 0 radical (unpaired) electrons. The third-order valence-electron chi connectivity index (χ3n) is 6.38. The number of thioether (sulfide) groups is 1. The van der Waals surface area contributed by atoms with Crippen LogP contribution in [0.2, 0.25) is 0 Å². The Morgan fingerprint density at radius 2 is 1.26 bits per heavy atom. The Hall–Kier alpha value is -3.94. The highest BCUT2D eigenvalue weighted by Gasteiger charge is 2.36. The Morgan fingerprint density at radius 1 is 0.795 bits per heavy atom. The van der Waals surface area contributed by atoms with Crippen LogP contribution in [0.5, 0.6) is 17.2 Å². The van der Waals surface area contributed by atoms with Gasteiger partial charge in [-0.25, -0.2) is 4.79 Å². The second-order valence-electron chi connectivity index (χ2n) is 8.79. The van der Waals surface area contributed by atoms with Crippen LogP contribution in [0.4, 0.5) is 0 Å². The summed E-state index contributed by atoms with van der Waals surface area (Å²) in [5.74, 6) is 1.31. The molecule has 4 aromatic carbocycles. The quantitative estimate of drug-likeness (QED) is 0.150. The molecule has 4 aromatic rings. The second kappa shape index (κ2) is 13.7. The van der Waals surface area contributed by atoms with Crippen LogP contribution in [0.15, 0.2) is 103 Å². The SMILES string of the molecule is COc1cc(OCC(=O)O)cc(OC)c1CNCCSC(c1ccccc1)(c1ccccc1)c1ccccc1. The first kappa shape index (κ1) is 28.1. The van der Waals surface area contributed by atoms with E-state index < -0.39 is 12.6 Å². The Kier molecular flexibility index (Phi) is 9.89. The van der Waals surface area contributed by atoms with Crippen LogP contribution in [-0.2, 0) is 16.1 Å². The number of carbonyl (C=O) groups is 1. The molecule has 0 saturated carbocycles. The van der Waals surface area contributed by atoms with Gasteiger partial charge in [0.15, 0.2) is 6.61 Å². The molecule has 0 heterocycles. The normalized spacial score (nSPS) is 11.1. The monoisotopic (exact) mass is 543 g/mol. The fourth-order valence-electron chi connectivity index (χ4n) is 4.62. The molecule has 0 aliphatic carbocycles. The molecule has 0 aromatic heterocycles. The highest BCUT2D eigenvalue weighted by molar-refractivity contribution is 8.00. The summed E-state index contributed by atoms with van der Waals surface area (Å²) in [6, 6.07) is 35.3. The lowest BCUT2D eigenvalue weighted by atomic mass is 9.84. The molecule has 202 valence electrons. The van der Waals surface area contributed by atoms with Gasteiger partial charge in [0, 0.05) is 31.0 Å². The molecule has 0 aliphatic heterocycles. The first-order chi connectivity index (χ1) is 19.1. The van der Waals surface area contributed by atoms with Crippen LogP contribution in [0.3, 0.4) is 0 Å². The molecule has 0 fully saturated rings. The van der Waals surface area contributed by atoms with Crippen molar-refractivity contribution in [2.45, 2.75) is 11.3 Å². The molecule has 7 heteroatoms. The minimum Gasteiger partial charge on any atom is -0.496 e. The van der Waals surface area contributed by atoms with Crippen molar-refractivity contribution in [3.63, 3.8) is 0 Å². The van der Waals surface area contributed by atoms with Gasteiger partial charge < -0.3 is 24.6 Å². The van der Waals surface area contributed by atoms with E-state index >= 15 is 0 Å². The van der Waals surface area contributed by atoms with Crippen molar-refractivity contribution in [2.24, 2.45) is 0 Å². The highest BCUT2D eigenvalue weighted by Crippen LogP contribution is 2.48. The van der Waals surface area contributed by atoms with Gasteiger partial charge in [0.2, 0.25) is 0 Å². The summed E-state index contributed by atoms with van der Waals surface area (Å²) in [6.45, 7) is 0.816. The van der Waals surface area contributed by atoms with Gasteiger partial charge in [-0.1, -0.05) is 91.0 Å². The van der Waals surface area contributed by atoms with Gasteiger partial charge in [-0.2, -0.15) is 0 Å². The largest absolute Gasteiger partial charge is 0.496 e. The maximum atomic E-state index is 10.9. The number of hydrogen-bond acceptors (Lipinski definition) is 6. The number of carboxylic acid groups (broad SMARTS) is 1. The van der Waals surface area contributed by atoms with Crippen molar-refractivity contribution in [3.05, 3.63) is 125 Å². The predicted molar refractivity (Wildman–Crippen MR) is 156 cm³/mol. The average molecular weight is 544 g/mol. The van der Waals surface area contributed by atoms with E-state index in [-0.39, 0.29) is 4.75 Å². The van der Waals surface area contributed by atoms with Crippen molar-refractivity contribution >= 4 is 17.7 Å². The first-order valence-corrected chi connectivity index (χ1v) is 13.7. The zero-order valence-electron chi connectivity index (χ0n) is 22.1. The molecule has 39 heavy (non-hydrogen) atoms. The van der Waals surface area contributed by atoms with Crippen molar-refractivity contribution in [2.75, 3.05) is 33.1 Å². The molecule has 0 saturated heterocycles. The zero-order valence-corrected chi connectivity index (χ0v) is 22.9. The van der Waals surface area contributed by atoms with E-state index in [0.717, 1.165) is 17.9 Å². The van der Waals surface area contributed by atoms with E-state index in [0.29, 0.717) is 23.8 Å².